The van der Waals surface area contributed by atoms with Crippen molar-refractivity contribution in [3.63, 3.8) is 0 Å². The summed E-state index contributed by atoms with van der Waals surface area (Å²) in [5.41, 5.74) is 12.0. The number of unbranched alkanes of at least 4 members (excludes halogenated alkanes) is 1. The molecule has 0 aromatic heterocycles. The van der Waals surface area contributed by atoms with Gasteiger partial charge in [0.05, 0.1) is 6.54 Å². The summed E-state index contributed by atoms with van der Waals surface area (Å²) in [4.78, 5) is 49.3. The molecule has 2 rings (SSSR count). The standard InChI is InChI=1S/C24H37N5O4/c1-15(2)12-20(22(26)31)28-21(30)14-27-24(33)19(10-6-7-11-25)29-23(32)18-13-17(18)16-8-4-3-5-9-16/h3-5,8-9,15,17-20H,6-7,10-14,25H2,1-2H3,(H2,26,31)(H,27,33)(H,28,30)(H,29,32)/t17?,18?,19-,20-/m0/s1. The summed E-state index contributed by atoms with van der Waals surface area (Å²) < 4.78 is 0. The first-order valence-corrected chi connectivity index (χ1v) is 11.6. The molecule has 0 aliphatic heterocycles. The zero-order valence-corrected chi connectivity index (χ0v) is 19.5. The Bertz CT molecular complexity index is 814. The molecule has 4 amide bonds. The van der Waals surface area contributed by atoms with Gasteiger partial charge in [-0.3, -0.25) is 19.2 Å². The van der Waals surface area contributed by atoms with Gasteiger partial charge in [0, 0.05) is 5.92 Å². The molecule has 2 unspecified atom stereocenters. The highest BCUT2D eigenvalue weighted by molar-refractivity contribution is 5.93. The van der Waals surface area contributed by atoms with Gasteiger partial charge in [-0.15, -0.1) is 0 Å². The second-order valence-electron chi connectivity index (χ2n) is 9.07. The van der Waals surface area contributed by atoms with Crippen molar-refractivity contribution in [3.05, 3.63) is 35.9 Å². The highest BCUT2D eigenvalue weighted by Crippen LogP contribution is 2.47. The molecule has 0 saturated heterocycles. The van der Waals surface area contributed by atoms with Crippen molar-refractivity contribution in [1.82, 2.24) is 16.0 Å². The van der Waals surface area contributed by atoms with Crippen LogP contribution in [0.2, 0.25) is 0 Å². The molecular weight excluding hydrogens is 422 g/mol. The summed E-state index contributed by atoms with van der Waals surface area (Å²) in [7, 11) is 0. The fourth-order valence-corrected chi connectivity index (χ4v) is 3.85. The Labute approximate surface area is 195 Å². The van der Waals surface area contributed by atoms with E-state index in [0.717, 1.165) is 18.4 Å². The Morgan fingerprint density at radius 3 is 2.33 bits per heavy atom. The normalized spacial score (nSPS) is 18.8. The second-order valence-corrected chi connectivity index (χ2v) is 9.07. The number of hydrogen-bond donors (Lipinski definition) is 5. The van der Waals surface area contributed by atoms with Crippen LogP contribution >= 0.6 is 0 Å². The molecule has 0 bridgehead atoms. The third kappa shape index (κ3) is 8.84. The second kappa shape index (κ2) is 12.9. The fourth-order valence-electron chi connectivity index (χ4n) is 3.85. The van der Waals surface area contributed by atoms with E-state index >= 15 is 0 Å². The summed E-state index contributed by atoms with van der Waals surface area (Å²) in [6.45, 7) is 4.02. The maximum atomic E-state index is 12.8. The number of amides is 4. The molecule has 1 saturated carbocycles. The van der Waals surface area contributed by atoms with Crippen LogP contribution in [0, 0.1) is 11.8 Å². The first-order chi connectivity index (χ1) is 15.7. The summed E-state index contributed by atoms with van der Waals surface area (Å²) in [6, 6.07) is 8.28. The maximum Gasteiger partial charge on any atom is 0.243 e. The molecule has 1 aromatic carbocycles. The van der Waals surface area contributed by atoms with Crippen LogP contribution in [0.4, 0.5) is 0 Å². The Morgan fingerprint density at radius 2 is 1.73 bits per heavy atom. The smallest absolute Gasteiger partial charge is 0.243 e. The van der Waals surface area contributed by atoms with E-state index < -0.39 is 29.8 Å². The monoisotopic (exact) mass is 459 g/mol. The minimum absolute atomic E-state index is 0.159. The van der Waals surface area contributed by atoms with Crippen LogP contribution < -0.4 is 27.4 Å². The first kappa shape index (κ1) is 26.3. The van der Waals surface area contributed by atoms with Gasteiger partial charge >= 0.3 is 0 Å². The molecule has 1 aromatic rings. The van der Waals surface area contributed by atoms with Crippen molar-refractivity contribution < 1.29 is 19.2 Å². The Hall–Kier alpha value is -2.94. The molecule has 1 aliphatic carbocycles. The predicted octanol–water partition coefficient (Wildman–Crippen LogP) is 0.536. The van der Waals surface area contributed by atoms with Crippen molar-refractivity contribution in [3.8, 4) is 0 Å². The average molecular weight is 460 g/mol. The van der Waals surface area contributed by atoms with E-state index in [2.05, 4.69) is 16.0 Å². The van der Waals surface area contributed by atoms with Crippen LogP contribution in [0.1, 0.15) is 57.4 Å². The lowest BCUT2D eigenvalue weighted by Crippen LogP contribution is -2.52. The van der Waals surface area contributed by atoms with Gasteiger partial charge in [-0.25, -0.2) is 0 Å². The van der Waals surface area contributed by atoms with Gasteiger partial charge in [0.25, 0.3) is 0 Å². The molecular formula is C24H37N5O4. The van der Waals surface area contributed by atoms with E-state index in [4.69, 9.17) is 11.5 Å². The van der Waals surface area contributed by atoms with Crippen LogP contribution in [0.25, 0.3) is 0 Å². The zero-order valence-electron chi connectivity index (χ0n) is 19.5. The number of nitrogens with two attached hydrogens (primary N) is 2. The van der Waals surface area contributed by atoms with Gasteiger partial charge in [-0.2, -0.15) is 0 Å². The lowest BCUT2D eigenvalue weighted by atomic mass is 10.0. The third-order valence-electron chi connectivity index (χ3n) is 5.74. The van der Waals surface area contributed by atoms with Gasteiger partial charge in [-0.1, -0.05) is 44.2 Å². The topological polar surface area (TPSA) is 156 Å². The quantitative estimate of drug-likeness (QED) is 0.257. The zero-order chi connectivity index (χ0) is 24.4. The van der Waals surface area contributed by atoms with Crippen molar-refractivity contribution in [2.24, 2.45) is 23.3 Å². The number of primary amides is 1. The summed E-state index contributed by atoms with van der Waals surface area (Å²) in [5.74, 6) is -1.55. The maximum absolute atomic E-state index is 12.8. The SMILES string of the molecule is CC(C)C[C@H](NC(=O)CNC(=O)[C@H](CCCCN)NC(=O)C1CC1c1ccccc1)C(N)=O. The molecule has 9 nitrogen and oxygen atoms in total. The highest BCUT2D eigenvalue weighted by Gasteiger charge is 2.44. The van der Waals surface area contributed by atoms with Crippen LogP contribution in [0.3, 0.4) is 0 Å². The number of carbonyl (C=O) groups excluding carboxylic acids is 4. The van der Waals surface area contributed by atoms with Gasteiger partial charge in [0.2, 0.25) is 23.6 Å². The number of carbonyl (C=O) groups is 4. The van der Waals surface area contributed by atoms with Gasteiger partial charge in [0.15, 0.2) is 0 Å². The molecule has 0 spiro atoms. The predicted molar refractivity (Wildman–Crippen MR) is 126 cm³/mol. The van der Waals surface area contributed by atoms with Crippen LogP contribution in [-0.2, 0) is 19.2 Å². The fraction of sp³-hybridized carbons (Fsp3) is 0.583. The van der Waals surface area contributed by atoms with Crippen molar-refractivity contribution >= 4 is 23.6 Å². The number of hydrogen-bond acceptors (Lipinski definition) is 5. The van der Waals surface area contributed by atoms with Gasteiger partial charge in [0.1, 0.15) is 12.1 Å². The lowest BCUT2D eigenvalue weighted by Gasteiger charge is -2.20. The van der Waals surface area contributed by atoms with Crippen molar-refractivity contribution in [1.29, 1.82) is 0 Å². The Kier molecular flexibility index (Phi) is 10.3. The number of nitrogens with one attached hydrogen (secondary N) is 3. The molecule has 7 N–H and O–H groups in total. The minimum atomic E-state index is -0.792. The molecule has 4 atom stereocenters. The van der Waals surface area contributed by atoms with E-state index in [1.807, 2.05) is 44.2 Å². The summed E-state index contributed by atoms with van der Waals surface area (Å²) in [5, 5.41) is 7.97. The Balaban J connectivity index is 1.89. The highest BCUT2D eigenvalue weighted by atomic mass is 16.2. The molecule has 1 fully saturated rings. The van der Waals surface area contributed by atoms with Crippen LogP contribution in [0.15, 0.2) is 30.3 Å². The van der Waals surface area contributed by atoms with Crippen molar-refractivity contribution in [2.45, 2.75) is 64.0 Å². The number of rotatable bonds is 14. The van der Waals surface area contributed by atoms with Crippen LogP contribution in [-0.4, -0.2) is 48.8 Å². The third-order valence-corrected chi connectivity index (χ3v) is 5.74. The molecule has 0 radical (unpaired) electrons. The first-order valence-electron chi connectivity index (χ1n) is 11.6. The van der Waals surface area contributed by atoms with E-state index in [0.29, 0.717) is 25.8 Å². The summed E-state index contributed by atoms with van der Waals surface area (Å²) in [6.07, 6.45) is 2.99. The van der Waals surface area contributed by atoms with E-state index in [1.165, 1.54) is 0 Å². The molecule has 33 heavy (non-hydrogen) atoms. The van der Waals surface area contributed by atoms with Crippen LogP contribution in [0.5, 0.6) is 0 Å². The minimum Gasteiger partial charge on any atom is -0.368 e. The van der Waals surface area contributed by atoms with Crippen molar-refractivity contribution in [2.75, 3.05) is 13.1 Å². The van der Waals surface area contributed by atoms with E-state index in [-0.39, 0.29) is 30.2 Å². The lowest BCUT2D eigenvalue weighted by molar-refractivity contribution is -0.131. The van der Waals surface area contributed by atoms with E-state index in [1.54, 1.807) is 0 Å². The molecule has 0 heterocycles. The molecule has 182 valence electrons. The van der Waals surface area contributed by atoms with E-state index in [9.17, 15) is 19.2 Å². The Morgan fingerprint density at radius 1 is 1.03 bits per heavy atom. The van der Waals surface area contributed by atoms with Gasteiger partial charge in [-0.05, 0) is 56.0 Å². The average Bonchev–Trinajstić information content (AvgIpc) is 3.58. The molecule has 9 heteroatoms. The summed E-state index contributed by atoms with van der Waals surface area (Å²) >= 11 is 0. The molecule has 1 aliphatic rings. The number of benzene rings is 1. The van der Waals surface area contributed by atoms with Gasteiger partial charge < -0.3 is 27.4 Å². The largest absolute Gasteiger partial charge is 0.368 e.